The van der Waals surface area contributed by atoms with Crippen molar-refractivity contribution < 1.29 is 24.1 Å². The number of carbonyl (C=O) groups is 3. The second-order valence-electron chi connectivity index (χ2n) is 11.5. The van der Waals surface area contributed by atoms with E-state index in [2.05, 4.69) is 11.4 Å². The fourth-order valence-electron chi connectivity index (χ4n) is 6.35. The SMILES string of the molecule is CN1CC(=O)N2[C@@H](Cc3ccc(O)cc3)C(=O)N(Cc3cccc4ccccc34)C[C@@H]2[N+]1(C)C(=O)NCc1ccccc1. The zero-order valence-corrected chi connectivity index (χ0v) is 24.4. The molecular weight excluding hydrogens is 542 g/mol. The van der Waals surface area contributed by atoms with E-state index in [1.54, 1.807) is 46.1 Å². The van der Waals surface area contributed by atoms with Gasteiger partial charge in [0, 0.05) is 26.6 Å². The lowest BCUT2D eigenvalue weighted by Gasteiger charge is -2.56. The molecule has 2 aliphatic rings. The van der Waals surface area contributed by atoms with Crippen molar-refractivity contribution in [2.45, 2.75) is 31.7 Å². The van der Waals surface area contributed by atoms with Gasteiger partial charge in [-0.05, 0) is 39.6 Å². The number of hydrogen-bond acceptors (Lipinski definition) is 5. The third-order valence-electron chi connectivity index (χ3n) is 8.88. The first kappa shape index (κ1) is 28.4. The van der Waals surface area contributed by atoms with E-state index >= 15 is 0 Å². The van der Waals surface area contributed by atoms with Crippen molar-refractivity contribution in [3.05, 3.63) is 114 Å². The van der Waals surface area contributed by atoms with Gasteiger partial charge >= 0.3 is 6.03 Å². The maximum Gasteiger partial charge on any atom is 0.437 e. The summed E-state index contributed by atoms with van der Waals surface area (Å²) in [5, 5.41) is 16.8. The lowest BCUT2D eigenvalue weighted by molar-refractivity contribution is -0.980. The first-order chi connectivity index (χ1) is 20.8. The summed E-state index contributed by atoms with van der Waals surface area (Å²) < 4.78 is -0.204. The third kappa shape index (κ3) is 5.33. The highest BCUT2D eigenvalue weighted by atomic mass is 16.3. The number of benzene rings is 4. The number of rotatable bonds is 6. The molecule has 2 aliphatic heterocycles. The molecule has 0 aliphatic carbocycles. The van der Waals surface area contributed by atoms with Crippen molar-refractivity contribution in [3.8, 4) is 5.75 Å². The van der Waals surface area contributed by atoms with Crippen LogP contribution in [0.1, 0.15) is 16.7 Å². The first-order valence-electron chi connectivity index (χ1n) is 14.5. The normalized spacial score (nSPS) is 22.5. The van der Waals surface area contributed by atoms with Crippen LogP contribution in [0.2, 0.25) is 0 Å². The van der Waals surface area contributed by atoms with E-state index in [4.69, 9.17) is 0 Å². The fraction of sp³-hybridized carbons (Fsp3) is 0.265. The van der Waals surface area contributed by atoms with Gasteiger partial charge in [0.25, 0.3) is 0 Å². The number of phenolic OH excluding ortho intramolecular Hbond substituents is 1. The van der Waals surface area contributed by atoms with Gasteiger partial charge < -0.3 is 10.0 Å². The molecule has 0 spiro atoms. The molecule has 6 rings (SSSR count). The number of urea groups is 1. The van der Waals surface area contributed by atoms with Crippen molar-refractivity contribution in [1.29, 1.82) is 0 Å². The molecule has 2 fully saturated rings. The van der Waals surface area contributed by atoms with Gasteiger partial charge in [-0.2, -0.15) is 0 Å². The van der Waals surface area contributed by atoms with Crippen LogP contribution >= 0.6 is 0 Å². The summed E-state index contributed by atoms with van der Waals surface area (Å²) in [5.74, 6) is -0.225. The van der Waals surface area contributed by atoms with E-state index in [-0.39, 0.29) is 47.7 Å². The van der Waals surface area contributed by atoms with Crippen LogP contribution in [0.4, 0.5) is 4.79 Å². The summed E-state index contributed by atoms with van der Waals surface area (Å²) in [6, 6.07) is 29.5. The number of likely N-dealkylation sites (N-methyl/N-ethyl adjacent to an activating group) is 2. The molecule has 43 heavy (non-hydrogen) atoms. The molecule has 0 radical (unpaired) electrons. The highest BCUT2D eigenvalue weighted by molar-refractivity contribution is 5.91. The van der Waals surface area contributed by atoms with E-state index < -0.39 is 12.2 Å². The summed E-state index contributed by atoms with van der Waals surface area (Å²) in [6.45, 7) is 0.881. The minimum absolute atomic E-state index is 0.00552. The Bertz CT molecular complexity index is 1660. The van der Waals surface area contributed by atoms with Gasteiger partial charge in [-0.3, -0.25) is 19.8 Å². The van der Waals surface area contributed by atoms with Gasteiger partial charge in [0.05, 0.1) is 13.6 Å². The number of carbonyl (C=O) groups excluding carboxylic acids is 3. The summed E-state index contributed by atoms with van der Waals surface area (Å²) in [7, 11) is 3.59. The number of phenols is 1. The number of quaternary nitrogens is 1. The van der Waals surface area contributed by atoms with E-state index in [0.717, 1.165) is 27.5 Å². The number of fused-ring (bicyclic) bond motifs is 2. The molecule has 1 unspecified atom stereocenters. The molecule has 3 atom stereocenters. The Labute approximate surface area is 251 Å². The molecule has 9 heteroatoms. The monoisotopic (exact) mass is 578 g/mol. The van der Waals surface area contributed by atoms with E-state index in [1.807, 2.05) is 73.8 Å². The van der Waals surface area contributed by atoms with Crippen LogP contribution in [0.15, 0.2) is 97.1 Å². The quantitative estimate of drug-likeness (QED) is 0.339. The Kier molecular flexibility index (Phi) is 7.60. The predicted octanol–water partition coefficient (Wildman–Crippen LogP) is 3.87. The Balaban J connectivity index is 1.38. The zero-order valence-electron chi connectivity index (χ0n) is 24.4. The second-order valence-corrected chi connectivity index (χ2v) is 11.5. The van der Waals surface area contributed by atoms with Gasteiger partial charge in [-0.25, -0.2) is 4.79 Å². The average molecular weight is 579 g/mol. The third-order valence-corrected chi connectivity index (χ3v) is 8.88. The van der Waals surface area contributed by atoms with Crippen molar-refractivity contribution in [1.82, 2.24) is 20.1 Å². The molecule has 0 bridgehead atoms. The molecule has 0 aromatic heterocycles. The van der Waals surface area contributed by atoms with Gasteiger partial charge in [-0.1, -0.05) is 84.9 Å². The largest absolute Gasteiger partial charge is 0.508 e. The van der Waals surface area contributed by atoms with Crippen molar-refractivity contribution >= 4 is 28.6 Å². The molecule has 2 N–H and O–H groups in total. The highest BCUT2D eigenvalue weighted by Crippen LogP contribution is 2.33. The summed E-state index contributed by atoms with van der Waals surface area (Å²) in [5.41, 5.74) is 2.79. The molecule has 2 saturated heterocycles. The smallest absolute Gasteiger partial charge is 0.437 e. The first-order valence-corrected chi connectivity index (χ1v) is 14.5. The van der Waals surface area contributed by atoms with E-state index in [9.17, 15) is 19.5 Å². The Hall–Kier alpha value is -4.73. The second kappa shape index (κ2) is 11.5. The summed E-state index contributed by atoms with van der Waals surface area (Å²) in [4.78, 5) is 45.4. The number of nitrogens with one attached hydrogen (secondary N) is 1. The van der Waals surface area contributed by atoms with Gasteiger partial charge in [-0.15, -0.1) is 9.60 Å². The lowest BCUT2D eigenvalue weighted by atomic mass is 9.97. The number of nitrogens with zero attached hydrogens (tertiary/aromatic N) is 4. The average Bonchev–Trinajstić information content (AvgIpc) is 3.02. The molecule has 4 amide bonds. The number of piperazine rings is 1. The van der Waals surface area contributed by atoms with Crippen molar-refractivity contribution in [2.75, 3.05) is 27.2 Å². The Morgan fingerprint density at radius 2 is 1.60 bits per heavy atom. The Morgan fingerprint density at radius 3 is 2.37 bits per heavy atom. The van der Waals surface area contributed by atoms with Crippen molar-refractivity contribution in [3.63, 3.8) is 0 Å². The molecule has 0 saturated carbocycles. The van der Waals surface area contributed by atoms with E-state index in [1.165, 1.54) is 0 Å². The fourth-order valence-corrected chi connectivity index (χ4v) is 6.35. The van der Waals surface area contributed by atoms with Crippen LogP contribution in [-0.2, 0) is 29.1 Å². The van der Waals surface area contributed by atoms with Gasteiger partial charge in [0.2, 0.25) is 18.0 Å². The van der Waals surface area contributed by atoms with Gasteiger partial charge in [0.1, 0.15) is 18.3 Å². The topological polar surface area (TPSA) is 93.2 Å². The maximum absolute atomic E-state index is 14.3. The van der Waals surface area contributed by atoms with Crippen LogP contribution in [0.3, 0.4) is 0 Å². The van der Waals surface area contributed by atoms with Crippen LogP contribution < -0.4 is 5.32 Å². The zero-order chi connectivity index (χ0) is 30.1. The van der Waals surface area contributed by atoms with Crippen LogP contribution in [0.5, 0.6) is 5.75 Å². The van der Waals surface area contributed by atoms with Gasteiger partial charge in [0.15, 0.2) is 0 Å². The minimum Gasteiger partial charge on any atom is -0.508 e. The maximum atomic E-state index is 14.3. The van der Waals surface area contributed by atoms with Crippen LogP contribution in [0, 0.1) is 0 Å². The summed E-state index contributed by atoms with van der Waals surface area (Å²) in [6.07, 6.45) is -0.375. The number of aromatic hydroxyl groups is 1. The molecule has 4 aromatic carbocycles. The van der Waals surface area contributed by atoms with Crippen LogP contribution in [-0.4, -0.2) is 81.7 Å². The molecule has 2 heterocycles. The molecule has 220 valence electrons. The number of amides is 4. The number of hydrogen-bond donors (Lipinski definition) is 2. The Morgan fingerprint density at radius 1 is 0.907 bits per heavy atom. The molecular formula is C34H36N5O4+. The van der Waals surface area contributed by atoms with Crippen molar-refractivity contribution in [2.24, 2.45) is 0 Å². The van der Waals surface area contributed by atoms with Crippen LogP contribution in [0.25, 0.3) is 10.8 Å². The lowest BCUT2D eigenvalue weighted by Crippen LogP contribution is -2.82. The standard InChI is InChI=1S/C34H35N5O4/c1-36-23-32(41)38-30(19-24-15-17-28(40)18-16-24)33(42)37(21-27-13-8-12-26-11-6-7-14-29(26)27)22-31(38)39(36,2)34(43)35-20-25-9-4-3-5-10-25/h3-18,30-31H,19-23H2,1-2H3,(H-,35,40,43)/p+1/t30-,31-,39?/m0/s1. The summed E-state index contributed by atoms with van der Waals surface area (Å²) >= 11 is 0. The molecule has 9 nitrogen and oxygen atoms in total. The molecule has 4 aromatic rings. The highest BCUT2D eigenvalue weighted by Gasteiger charge is 2.59. The van der Waals surface area contributed by atoms with E-state index in [0.29, 0.717) is 13.1 Å². The minimum atomic E-state index is -0.807. The predicted molar refractivity (Wildman–Crippen MR) is 163 cm³/mol.